The fourth-order valence-electron chi connectivity index (χ4n) is 3.63. The summed E-state index contributed by atoms with van der Waals surface area (Å²) in [6, 6.07) is 19.8. The number of fused-ring (bicyclic) bond motifs is 1. The van der Waals surface area contributed by atoms with Crippen LogP contribution in [0.1, 0.15) is 37.5 Å². The molecule has 1 unspecified atom stereocenters. The molecule has 1 heteroatoms. The van der Waals surface area contributed by atoms with E-state index >= 15 is 0 Å². The van der Waals surface area contributed by atoms with Gasteiger partial charge in [-0.15, -0.1) is 0 Å². The van der Waals surface area contributed by atoms with E-state index in [1.807, 2.05) is 0 Å². The lowest BCUT2D eigenvalue weighted by atomic mass is 9.63. The Bertz CT molecular complexity index is 595. The molecule has 1 aliphatic rings. The van der Waals surface area contributed by atoms with Crippen molar-refractivity contribution in [2.75, 3.05) is 6.54 Å². The zero-order valence-electron chi connectivity index (χ0n) is 12.6. The van der Waals surface area contributed by atoms with E-state index in [2.05, 4.69) is 80.7 Å². The predicted octanol–water partition coefficient (Wildman–Crippen LogP) is 4.12. The predicted molar refractivity (Wildman–Crippen MR) is 84.8 cm³/mol. The van der Waals surface area contributed by atoms with Crippen molar-refractivity contribution in [2.24, 2.45) is 5.41 Å². The number of hydrogen-bond donors (Lipinski definition) is 1. The van der Waals surface area contributed by atoms with Crippen molar-refractivity contribution in [2.45, 2.75) is 32.7 Å². The van der Waals surface area contributed by atoms with Crippen LogP contribution in [-0.2, 0) is 12.0 Å². The molecule has 0 saturated carbocycles. The van der Waals surface area contributed by atoms with Crippen LogP contribution in [0, 0.1) is 5.41 Å². The zero-order chi connectivity index (χ0) is 14.2. The van der Waals surface area contributed by atoms with Crippen molar-refractivity contribution in [3.63, 3.8) is 0 Å². The molecule has 1 nitrogen and oxygen atoms in total. The average molecular weight is 265 g/mol. The van der Waals surface area contributed by atoms with Crippen molar-refractivity contribution in [1.82, 2.24) is 5.32 Å². The fraction of sp³-hybridized carbons (Fsp3) is 0.368. The van der Waals surface area contributed by atoms with Crippen LogP contribution in [0.15, 0.2) is 54.6 Å². The third-order valence-electron chi connectivity index (χ3n) is 4.54. The molecule has 1 N–H and O–H groups in total. The van der Waals surface area contributed by atoms with Crippen LogP contribution < -0.4 is 5.32 Å². The summed E-state index contributed by atoms with van der Waals surface area (Å²) >= 11 is 0. The maximum atomic E-state index is 3.85. The standard InChI is InChI=1S/C19H23N/c1-18(2,3)19(16-10-5-4-6-11-16)17-12-8-7-9-15(17)13-14-20-19/h4-12,20H,13-14H2,1-3H3. The lowest BCUT2D eigenvalue weighted by Gasteiger charge is -2.50. The smallest absolute Gasteiger partial charge is 0.0742 e. The highest BCUT2D eigenvalue weighted by Gasteiger charge is 2.46. The van der Waals surface area contributed by atoms with E-state index in [1.54, 1.807) is 0 Å². The lowest BCUT2D eigenvalue weighted by Crippen LogP contribution is -2.56. The Labute approximate surface area is 122 Å². The molecule has 1 aliphatic heterocycles. The van der Waals surface area contributed by atoms with E-state index in [1.165, 1.54) is 16.7 Å². The molecule has 2 aromatic carbocycles. The molecule has 0 spiro atoms. The van der Waals surface area contributed by atoms with Crippen molar-refractivity contribution in [1.29, 1.82) is 0 Å². The quantitative estimate of drug-likeness (QED) is 0.818. The summed E-state index contributed by atoms with van der Waals surface area (Å²) in [7, 11) is 0. The molecular formula is C19H23N. The molecule has 1 heterocycles. The number of benzene rings is 2. The third kappa shape index (κ3) is 1.89. The molecule has 104 valence electrons. The first-order chi connectivity index (χ1) is 9.56. The van der Waals surface area contributed by atoms with Gasteiger partial charge in [0.15, 0.2) is 0 Å². The van der Waals surface area contributed by atoms with Gasteiger partial charge in [0.25, 0.3) is 0 Å². The van der Waals surface area contributed by atoms with Gasteiger partial charge in [0.2, 0.25) is 0 Å². The fourth-order valence-corrected chi connectivity index (χ4v) is 3.63. The normalized spacial score (nSPS) is 22.4. The van der Waals surface area contributed by atoms with E-state index in [4.69, 9.17) is 0 Å². The van der Waals surface area contributed by atoms with Crippen LogP contribution in [0.25, 0.3) is 0 Å². The maximum Gasteiger partial charge on any atom is 0.0742 e. The minimum absolute atomic E-state index is 0.102. The Kier molecular flexibility index (Phi) is 3.18. The van der Waals surface area contributed by atoms with Crippen LogP contribution in [0.5, 0.6) is 0 Å². The van der Waals surface area contributed by atoms with E-state index in [9.17, 15) is 0 Å². The van der Waals surface area contributed by atoms with Gasteiger partial charge >= 0.3 is 0 Å². The summed E-state index contributed by atoms with van der Waals surface area (Å²) < 4.78 is 0. The summed E-state index contributed by atoms with van der Waals surface area (Å²) in [5.41, 5.74) is 4.27. The van der Waals surface area contributed by atoms with Crippen molar-refractivity contribution in [3.05, 3.63) is 71.3 Å². The Hall–Kier alpha value is -1.60. The van der Waals surface area contributed by atoms with Crippen LogP contribution in [0.4, 0.5) is 0 Å². The molecule has 2 aromatic rings. The highest BCUT2D eigenvalue weighted by Crippen LogP contribution is 2.47. The van der Waals surface area contributed by atoms with Gasteiger partial charge in [0, 0.05) is 6.54 Å². The number of rotatable bonds is 1. The van der Waals surface area contributed by atoms with Gasteiger partial charge < -0.3 is 5.32 Å². The molecule has 3 rings (SSSR count). The van der Waals surface area contributed by atoms with Gasteiger partial charge in [-0.05, 0) is 28.5 Å². The number of nitrogens with one attached hydrogen (secondary N) is 1. The first-order valence-electron chi connectivity index (χ1n) is 7.45. The molecule has 0 radical (unpaired) electrons. The highest BCUT2D eigenvalue weighted by atomic mass is 15.0. The van der Waals surface area contributed by atoms with Crippen molar-refractivity contribution in [3.8, 4) is 0 Å². The van der Waals surface area contributed by atoms with Crippen LogP contribution in [0.3, 0.4) is 0 Å². The third-order valence-corrected chi connectivity index (χ3v) is 4.54. The Morgan fingerprint density at radius 1 is 0.900 bits per heavy atom. The first-order valence-corrected chi connectivity index (χ1v) is 7.45. The second-order valence-corrected chi connectivity index (χ2v) is 6.70. The van der Waals surface area contributed by atoms with Gasteiger partial charge in [-0.1, -0.05) is 75.4 Å². The summed E-state index contributed by atoms with van der Waals surface area (Å²) in [4.78, 5) is 0. The van der Waals surface area contributed by atoms with E-state index < -0.39 is 0 Å². The number of hydrogen-bond acceptors (Lipinski definition) is 1. The van der Waals surface area contributed by atoms with Gasteiger partial charge in [-0.3, -0.25) is 0 Å². The highest BCUT2D eigenvalue weighted by molar-refractivity contribution is 5.46. The van der Waals surface area contributed by atoms with E-state index in [0.29, 0.717) is 0 Å². The van der Waals surface area contributed by atoms with Gasteiger partial charge in [-0.2, -0.15) is 0 Å². The molecule has 1 atom stereocenters. The molecule has 20 heavy (non-hydrogen) atoms. The SMILES string of the molecule is CC(C)(C)C1(c2ccccc2)NCCc2ccccc21. The van der Waals surface area contributed by atoms with Gasteiger partial charge in [0.05, 0.1) is 5.54 Å². The largest absolute Gasteiger partial charge is 0.303 e. The van der Waals surface area contributed by atoms with Gasteiger partial charge in [0.1, 0.15) is 0 Å². The summed E-state index contributed by atoms with van der Waals surface area (Å²) in [6.07, 6.45) is 1.11. The Balaban J connectivity index is 2.29. The van der Waals surface area contributed by atoms with Crippen molar-refractivity contribution >= 4 is 0 Å². The summed E-state index contributed by atoms with van der Waals surface area (Å²) in [5.74, 6) is 0. The van der Waals surface area contributed by atoms with Crippen LogP contribution in [-0.4, -0.2) is 6.54 Å². The minimum atomic E-state index is -0.108. The summed E-state index contributed by atoms with van der Waals surface area (Å²) in [5, 5.41) is 3.85. The van der Waals surface area contributed by atoms with Crippen molar-refractivity contribution < 1.29 is 0 Å². The maximum absolute atomic E-state index is 3.85. The van der Waals surface area contributed by atoms with E-state index in [0.717, 1.165) is 13.0 Å². The Morgan fingerprint density at radius 3 is 2.25 bits per heavy atom. The molecule has 0 aromatic heterocycles. The molecule has 0 saturated heterocycles. The van der Waals surface area contributed by atoms with Crippen LogP contribution >= 0.6 is 0 Å². The minimum Gasteiger partial charge on any atom is -0.303 e. The first kappa shape index (κ1) is 13.4. The molecule has 0 amide bonds. The van der Waals surface area contributed by atoms with E-state index in [-0.39, 0.29) is 11.0 Å². The lowest BCUT2D eigenvalue weighted by molar-refractivity contribution is 0.171. The second kappa shape index (κ2) is 4.75. The topological polar surface area (TPSA) is 12.0 Å². The average Bonchev–Trinajstić information content (AvgIpc) is 2.46. The monoisotopic (exact) mass is 265 g/mol. The van der Waals surface area contributed by atoms with Gasteiger partial charge in [-0.25, -0.2) is 0 Å². The Morgan fingerprint density at radius 2 is 1.55 bits per heavy atom. The molecular weight excluding hydrogens is 242 g/mol. The molecule has 0 bridgehead atoms. The molecule has 0 fully saturated rings. The molecule has 0 aliphatic carbocycles. The second-order valence-electron chi connectivity index (χ2n) is 6.70. The zero-order valence-corrected chi connectivity index (χ0v) is 12.6. The summed E-state index contributed by atoms with van der Waals surface area (Å²) in [6.45, 7) is 8.02. The van der Waals surface area contributed by atoms with Crippen LogP contribution in [0.2, 0.25) is 0 Å².